The summed E-state index contributed by atoms with van der Waals surface area (Å²) in [7, 11) is -3.79. The van der Waals surface area contributed by atoms with Gasteiger partial charge in [0.15, 0.2) is 0 Å². The van der Waals surface area contributed by atoms with Crippen LogP contribution in [0.1, 0.15) is 32.6 Å². The fraction of sp³-hybridized carbons (Fsp3) is 0.588. The third kappa shape index (κ3) is 4.22. The first-order valence-corrected chi connectivity index (χ1v) is 10.6. The molecule has 1 aromatic carbocycles. The number of amides is 1. The lowest BCUT2D eigenvalue weighted by Gasteiger charge is -2.30. The van der Waals surface area contributed by atoms with Crippen molar-refractivity contribution in [2.24, 2.45) is 5.92 Å². The first-order chi connectivity index (χ1) is 12.8. The predicted molar refractivity (Wildman–Crippen MR) is 99.9 cm³/mol. The molecule has 0 radical (unpaired) electrons. The number of anilines is 1. The van der Waals surface area contributed by atoms with Gasteiger partial charge >= 0.3 is 0 Å². The molecule has 1 aromatic rings. The van der Waals surface area contributed by atoms with E-state index in [4.69, 9.17) is 0 Å². The van der Waals surface area contributed by atoms with Gasteiger partial charge in [-0.3, -0.25) is 14.9 Å². The van der Waals surface area contributed by atoms with Crippen molar-refractivity contribution in [3.8, 4) is 0 Å². The molecule has 2 atom stereocenters. The fourth-order valence-corrected chi connectivity index (χ4v) is 5.18. The van der Waals surface area contributed by atoms with E-state index >= 15 is 0 Å². The van der Waals surface area contributed by atoms with E-state index in [0.29, 0.717) is 26.1 Å². The number of carbonyl (C=O) groups excluding carboxylic acids is 1. The third-order valence-corrected chi connectivity index (χ3v) is 6.90. The number of nitrogens with one attached hydrogen (secondary N) is 2. The second-order valence-corrected chi connectivity index (χ2v) is 9.11. The van der Waals surface area contributed by atoms with E-state index in [-0.39, 0.29) is 28.1 Å². The number of nitrogens with zero attached hydrogens (tertiary/aromatic N) is 2. The largest absolute Gasteiger partial charge is 0.368 e. The molecule has 0 aliphatic carbocycles. The van der Waals surface area contributed by atoms with Gasteiger partial charge in [-0.05, 0) is 43.7 Å². The Morgan fingerprint density at radius 3 is 2.74 bits per heavy atom. The van der Waals surface area contributed by atoms with Crippen molar-refractivity contribution in [3.05, 3.63) is 28.3 Å². The molecule has 3 rings (SSSR count). The second-order valence-electron chi connectivity index (χ2n) is 7.18. The summed E-state index contributed by atoms with van der Waals surface area (Å²) in [5.41, 5.74) is -0.201. The highest BCUT2D eigenvalue weighted by Gasteiger charge is 2.31. The Balaban J connectivity index is 1.89. The van der Waals surface area contributed by atoms with Crippen LogP contribution in [0.2, 0.25) is 0 Å². The quantitative estimate of drug-likeness (QED) is 0.577. The normalized spacial score (nSPS) is 24.3. The van der Waals surface area contributed by atoms with Crippen molar-refractivity contribution in [2.45, 2.75) is 43.5 Å². The molecule has 0 saturated carbocycles. The van der Waals surface area contributed by atoms with Gasteiger partial charge in [0.25, 0.3) is 5.69 Å². The van der Waals surface area contributed by atoms with Crippen LogP contribution in [0.3, 0.4) is 0 Å². The number of carbonyl (C=O) groups is 1. The number of hydrogen-bond acceptors (Lipinski definition) is 6. The molecule has 2 saturated heterocycles. The van der Waals surface area contributed by atoms with Crippen LogP contribution >= 0.6 is 0 Å². The standard InChI is InChI=1S/C17H24N4O5S/c1-12-4-3-9-20(11-12)27(25,26)13-6-7-14(16(10-13)21(23)24)19-15-5-2-8-18-17(15)22/h6-7,10,12,15,19H,2-5,8-9,11H2,1H3,(H,18,22). The van der Waals surface area contributed by atoms with Gasteiger partial charge in [0.1, 0.15) is 11.7 Å². The van der Waals surface area contributed by atoms with Crippen LogP contribution < -0.4 is 10.6 Å². The number of nitro groups is 1. The average Bonchev–Trinajstić information content (AvgIpc) is 2.63. The minimum absolute atomic E-state index is 0.0954. The number of hydrogen-bond donors (Lipinski definition) is 2. The molecule has 0 spiro atoms. The van der Waals surface area contributed by atoms with E-state index < -0.39 is 21.0 Å². The maximum atomic E-state index is 12.9. The van der Waals surface area contributed by atoms with Crippen molar-refractivity contribution in [2.75, 3.05) is 25.0 Å². The molecule has 9 nitrogen and oxygen atoms in total. The van der Waals surface area contributed by atoms with Gasteiger partial charge in [-0.15, -0.1) is 0 Å². The summed E-state index contributed by atoms with van der Waals surface area (Å²) in [4.78, 5) is 22.7. The van der Waals surface area contributed by atoms with Crippen LogP contribution in [0.5, 0.6) is 0 Å². The first-order valence-electron chi connectivity index (χ1n) is 9.12. The van der Waals surface area contributed by atoms with Crippen LogP contribution in [0.15, 0.2) is 23.1 Å². The van der Waals surface area contributed by atoms with Crippen molar-refractivity contribution in [1.82, 2.24) is 9.62 Å². The maximum absolute atomic E-state index is 12.9. The predicted octanol–water partition coefficient (Wildman–Crippen LogP) is 1.71. The third-order valence-electron chi connectivity index (χ3n) is 5.04. The second kappa shape index (κ2) is 7.81. The van der Waals surface area contributed by atoms with Crippen molar-refractivity contribution >= 4 is 27.3 Å². The molecule has 2 unspecified atom stereocenters. The number of benzene rings is 1. The monoisotopic (exact) mass is 396 g/mol. The highest BCUT2D eigenvalue weighted by Crippen LogP contribution is 2.31. The lowest BCUT2D eigenvalue weighted by atomic mass is 10.0. The van der Waals surface area contributed by atoms with Crippen LogP contribution in [0, 0.1) is 16.0 Å². The average molecular weight is 396 g/mol. The van der Waals surface area contributed by atoms with Crippen LogP contribution in [0.4, 0.5) is 11.4 Å². The van der Waals surface area contributed by atoms with E-state index in [9.17, 15) is 23.3 Å². The van der Waals surface area contributed by atoms with E-state index in [1.165, 1.54) is 16.4 Å². The molecular weight excluding hydrogens is 372 g/mol. The Morgan fingerprint density at radius 1 is 1.30 bits per heavy atom. The highest BCUT2D eigenvalue weighted by molar-refractivity contribution is 7.89. The Morgan fingerprint density at radius 2 is 2.07 bits per heavy atom. The van der Waals surface area contributed by atoms with Gasteiger partial charge in [0.05, 0.1) is 9.82 Å². The summed E-state index contributed by atoms with van der Waals surface area (Å²) in [6, 6.07) is 3.26. The summed E-state index contributed by atoms with van der Waals surface area (Å²) < 4.78 is 27.2. The van der Waals surface area contributed by atoms with Crippen LogP contribution in [-0.2, 0) is 14.8 Å². The number of sulfonamides is 1. The van der Waals surface area contributed by atoms with Gasteiger partial charge in [-0.2, -0.15) is 4.31 Å². The van der Waals surface area contributed by atoms with Gasteiger partial charge in [0.2, 0.25) is 15.9 Å². The Bertz CT molecular complexity index is 842. The Labute approximate surface area is 158 Å². The highest BCUT2D eigenvalue weighted by atomic mass is 32.2. The molecule has 0 aromatic heterocycles. The van der Waals surface area contributed by atoms with Crippen molar-refractivity contribution < 1.29 is 18.1 Å². The number of rotatable bonds is 5. The molecule has 2 fully saturated rings. The molecule has 2 N–H and O–H groups in total. The smallest absolute Gasteiger partial charge is 0.293 e. The van der Waals surface area contributed by atoms with E-state index in [2.05, 4.69) is 10.6 Å². The molecule has 2 aliphatic rings. The Kier molecular flexibility index (Phi) is 5.66. The minimum Gasteiger partial charge on any atom is -0.368 e. The van der Waals surface area contributed by atoms with Gasteiger partial charge < -0.3 is 10.6 Å². The lowest BCUT2D eigenvalue weighted by Crippen LogP contribution is -2.44. The summed E-state index contributed by atoms with van der Waals surface area (Å²) in [6.45, 7) is 3.41. The summed E-state index contributed by atoms with van der Waals surface area (Å²) in [5, 5.41) is 17.1. The minimum atomic E-state index is -3.79. The molecule has 148 valence electrons. The zero-order valence-electron chi connectivity index (χ0n) is 15.2. The molecule has 10 heteroatoms. The van der Waals surface area contributed by atoms with E-state index in [1.54, 1.807) is 0 Å². The van der Waals surface area contributed by atoms with E-state index in [1.807, 2.05) is 6.92 Å². The Hall–Kier alpha value is -2.20. The van der Waals surface area contributed by atoms with Crippen LogP contribution in [0.25, 0.3) is 0 Å². The molecule has 27 heavy (non-hydrogen) atoms. The molecule has 2 aliphatic heterocycles. The topological polar surface area (TPSA) is 122 Å². The molecular formula is C17H24N4O5S. The number of nitro benzene ring substituents is 1. The lowest BCUT2D eigenvalue weighted by molar-refractivity contribution is -0.384. The zero-order chi connectivity index (χ0) is 19.6. The summed E-state index contributed by atoms with van der Waals surface area (Å²) in [5.74, 6) is 0.0452. The zero-order valence-corrected chi connectivity index (χ0v) is 16.0. The van der Waals surface area contributed by atoms with Crippen molar-refractivity contribution in [1.29, 1.82) is 0 Å². The SMILES string of the molecule is CC1CCCN(S(=O)(=O)c2ccc(NC3CCCNC3=O)c([N+](=O)[O-])c2)C1. The maximum Gasteiger partial charge on any atom is 0.293 e. The molecule has 2 heterocycles. The van der Waals surface area contributed by atoms with Gasteiger partial charge in [-0.25, -0.2) is 8.42 Å². The summed E-state index contributed by atoms with van der Waals surface area (Å²) in [6.07, 6.45) is 3.09. The van der Waals surface area contributed by atoms with Gasteiger partial charge in [0, 0.05) is 25.7 Å². The number of piperidine rings is 2. The molecule has 1 amide bonds. The fourth-order valence-electron chi connectivity index (χ4n) is 3.56. The van der Waals surface area contributed by atoms with Crippen LogP contribution in [-0.4, -0.2) is 49.2 Å². The molecule has 0 bridgehead atoms. The summed E-state index contributed by atoms with van der Waals surface area (Å²) >= 11 is 0. The van der Waals surface area contributed by atoms with Crippen molar-refractivity contribution in [3.63, 3.8) is 0 Å². The first kappa shape index (κ1) is 19.6. The van der Waals surface area contributed by atoms with E-state index in [0.717, 1.165) is 25.3 Å². The van der Waals surface area contributed by atoms with Gasteiger partial charge in [-0.1, -0.05) is 6.92 Å².